The highest BCUT2D eigenvalue weighted by Gasteiger charge is 2.15. The number of para-hydroxylation sites is 2. The maximum atomic E-state index is 13.3. The summed E-state index contributed by atoms with van der Waals surface area (Å²) >= 11 is 0. The van der Waals surface area contributed by atoms with Gasteiger partial charge in [-0.1, -0.05) is 36.4 Å². The van der Waals surface area contributed by atoms with Gasteiger partial charge in [0, 0.05) is 71.9 Å². The van der Waals surface area contributed by atoms with Crippen LogP contribution in [-0.4, -0.2) is 117 Å². The summed E-state index contributed by atoms with van der Waals surface area (Å²) in [5.41, 5.74) is 28.8. The normalized spacial score (nSPS) is 11.3. The van der Waals surface area contributed by atoms with Crippen LogP contribution in [0.4, 0.5) is 47.1 Å². The molecule has 0 unspecified atom stereocenters. The number of benzene rings is 4. The molecule has 0 atom stereocenters. The molecule has 4 heterocycles. The zero-order valence-electron chi connectivity index (χ0n) is 38.5. The van der Waals surface area contributed by atoms with Crippen molar-refractivity contribution in [2.45, 2.75) is 25.7 Å². The van der Waals surface area contributed by atoms with Crippen LogP contribution in [0.2, 0.25) is 0 Å². The number of nitrogen functional groups attached to an aromatic ring is 4. The molecule has 70 heavy (non-hydrogen) atoms. The quantitative estimate of drug-likeness (QED) is 0.0277. The average molecular weight is 949 g/mol. The molecule has 8 aromatic rings. The third kappa shape index (κ3) is 12.7. The van der Waals surface area contributed by atoms with Crippen molar-refractivity contribution in [3.63, 3.8) is 0 Å². The molecular formula is C48H56N18O4. The molecule has 0 saturated carbocycles. The van der Waals surface area contributed by atoms with Gasteiger partial charge in [0.2, 0.25) is 35.7 Å². The molecule has 8 rings (SSSR count). The first-order valence-corrected chi connectivity index (χ1v) is 23.0. The van der Waals surface area contributed by atoms with Crippen molar-refractivity contribution in [2.24, 2.45) is 0 Å². The van der Waals surface area contributed by atoms with Crippen LogP contribution in [0.1, 0.15) is 46.4 Å². The molecule has 0 saturated heterocycles. The van der Waals surface area contributed by atoms with Crippen LogP contribution in [0.3, 0.4) is 0 Å². The van der Waals surface area contributed by atoms with Crippen molar-refractivity contribution in [1.29, 1.82) is 0 Å². The number of nitrogens with zero attached hydrogens (tertiary/aromatic N) is 8. The number of nitrogens with one attached hydrogen (secondary N) is 6. The molecule has 14 N–H and O–H groups in total. The summed E-state index contributed by atoms with van der Waals surface area (Å²) < 4.78 is 11.4. The van der Waals surface area contributed by atoms with Gasteiger partial charge in [-0.15, -0.1) is 0 Å². The van der Waals surface area contributed by atoms with E-state index in [0.717, 1.165) is 80.7 Å². The number of hydrogen-bond donors (Lipinski definition) is 10. The molecule has 0 spiro atoms. The SMILES string of the molecule is Nc1nc(N)nc(NCCCCNc2c3ccccc3nc3ccc(C(=O)NCCOCCOCCNC(=O)c4ccc5nc6ccccc6c(NCCCCNc6nc(N)nc(N)n6)c5c4)cc23)n1. The van der Waals surface area contributed by atoms with E-state index in [2.05, 4.69) is 61.8 Å². The maximum Gasteiger partial charge on any atom is 0.251 e. The maximum absolute atomic E-state index is 13.3. The Bertz CT molecular complexity index is 2860. The predicted octanol–water partition coefficient (Wildman–Crippen LogP) is 4.59. The highest BCUT2D eigenvalue weighted by molar-refractivity contribution is 6.11. The van der Waals surface area contributed by atoms with E-state index in [0.29, 0.717) is 88.7 Å². The third-order valence-corrected chi connectivity index (χ3v) is 11.0. The molecule has 362 valence electrons. The topological polar surface area (TPSA) is 332 Å². The fraction of sp³-hybridized carbons (Fsp3) is 0.292. The molecule has 0 radical (unpaired) electrons. The summed E-state index contributed by atoms with van der Waals surface area (Å²) in [7, 11) is 0. The van der Waals surface area contributed by atoms with Crippen molar-refractivity contribution in [2.75, 3.05) is 110 Å². The predicted molar refractivity (Wildman–Crippen MR) is 275 cm³/mol. The Hall–Kier alpha value is -8.50. The highest BCUT2D eigenvalue weighted by Crippen LogP contribution is 2.33. The number of unbranched alkanes of at least 4 members (excludes halogenated alkanes) is 2. The monoisotopic (exact) mass is 948 g/mol. The minimum atomic E-state index is -0.220. The lowest BCUT2D eigenvalue weighted by atomic mass is 10.0. The molecule has 0 aliphatic rings. The molecule has 2 amide bonds. The lowest BCUT2D eigenvalue weighted by molar-refractivity contribution is 0.0486. The van der Waals surface area contributed by atoms with Crippen molar-refractivity contribution in [1.82, 2.24) is 50.5 Å². The average Bonchev–Trinajstić information content (AvgIpc) is 3.35. The van der Waals surface area contributed by atoms with E-state index in [1.165, 1.54) is 0 Å². The number of aromatic nitrogens is 8. The number of fused-ring (bicyclic) bond motifs is 4. The van der Waals surface area contributed by atoms with Crippen LogP contribution >= 0.6 is 0 Å². The van der Waals surface area contributed by atoms with Gasteiger partial charge in [-0.3, -0.25) is 9.59 Å². The van der Waals surface area contributed by atoms with Crippen molar-refractivity contribution in [3.05, 3.63) is 96.1 Å². The van der Waals surface area contributed by atoms with Gasteiger partial charge in [-0.05, 0) is 74.2 Å². The fourth-order valence-corrected chi connectivity index (χ4v) is 7.75. The summed E-state index contributed by atoms with van der Waals surface area (Å²) in [6.07, 6.45) is 3.33. The van der Waals surface area contributed by atoms with Crippen LogP contribution in [0.25, 0.3) is 43.6 Å². The summed E-state index contributed by atoms with van der Waals surface area (Å²) in [5.74, 6) is 0.504. The number of ether oxygens (including phenoxy) is 2. The van der Waals surface area contributed by atoms with Gasteiger partial charge in [0.25, 0.3) is 11.8 Å². The van der Waals surface area contributed by atoms with E-state index in [9.17, 15) is 9.59 Å². The summed E-state index contributed by atoms with van der Waals surface area (Å²) in [4.78, 5) is 60.0. The first-order chi connectivity index (χ1) is 34.2. The Balaban J connectivity index is 0.745. The number of rotatable bonds is 25. The molecule has 22 heteroatoms. The molecule has 0 aliphatic heterocycles. The van der Waals surface area contributed by atoms with E-state index in [1.54, 1.807) is 12.1 Å². The van der Waals surface area contributed by atoms with Crippen molar-refractivity contribution in [3.8, 4) is 0 Å². The minimum absolute atomic E-state index is 0.0658. The van der Waals surface area contributed by atoms with Gasteiger partial charge < -0.3 is 64.3 Å². The largest absolute Gasteiger partial charge is 0.384 e. The molecule has 0 fully saturated rings. The van der Waals surface area contributed by atoms with E-state index in [4.69, 9.17) is 42.4 Å². The third-order valence-electron chi connectivity index (χ3n) is 11.0. The number of amides is 2. The number of anilines is 8. The van der Waals surface area contributed by atoms with E-state index < -0.39 is 0 Å². The number of carbonyl (C=O) groups is 2. The van der Waals surface area contributed by atoms with Gasteiger partial charge in [0.1, 0.15) is 0 Å². The first kappa shape index (κ1) is 48.0. The standard InChI is InChI=1S/C48H56N18O4/c49-43-61-44(50)64-47(63-43)57-19-7-5-17-53-39-31-9-1-3-11-35(31)59-37-15-13-29(27-33(37)39)41(67)55-21-23-69-25-26-70-24-22-56-42(68)30-14-16-38-34(28-30)40(32-10-2-4-12-36(32)60-38)54-18-6-8-20-58-48-65-45(51)62-46(52)66-48/h1-4,9-16,27-28H,5-8,17-26H2,(H,53,59)(H,54,60)(H,55,67)(H,56,68)(H5,49,50,57,61,63,64)(H5,51,52,58,62,65,66). The summed E-state index contributed by atoms with van der Waals surface area (Å²) in [6, 6.07) is 26.9. The number of nitrogens with two attached hydrogens (primary N) is 4. The Kier molecular flexibility index (Phi) is 16.1. The Morgan fingerprint density at radius 3 is 1.19 bits per heavy atom. The van der Waals surface area contributed by atoms with Gasteiger partial charge in [0.05, 0.1) is 59.9 Å². The zero-order valence-corrected chi connectivity index (χ0v) is 38.5. The van der Waals surface area contributed by atoms with E-state index >= 15 is 0 Å². The lowest BCUT2D eigenvalue weighted by Crippen LogP contribution is -2.28. The van der Waals surface area contributed by atoms with Gasteiger partial charge >= 0.3 is 0 Å². The Morgan fingerprint density at radius 2 is 0.771 bits per heavy atom. The molecule has 4 aromatic heterocycles. The summed E-state index contributed by atoms with van der Waals surface area (Å²) in [5, 5.41) is 22.9. The van der Waals surface area contributed by atoms with Crippen LogP contribution in [-0.2, 0) is 9.47 Å². The van der Waals surface area contributed by atoms with E-state index in [-0.39, 0.29) is 35.6 Å². The number of pyridine rings is 2. The molecule has 0 bridgehead atoms. The molecular weight excluding hydrogens is 893 g/mol. The van der Waals surface area contributed by atoms with Gasteiger partial charge in [-0.2, -0.15) is 29.9 Å². The fourth-order valence-electron chi connectivity index (χ4n) is 7.75. The zero-order chi connectivity index (χ0) is 48.7. The van der Waals surface area contributed by atoms with Gasteiger partial charge in [0.15, 0.2) is 0 Å². The Labute approximate surface area is 402 Å². The number of hydrogen-bond acceptors (Lipinski definition) is 20. The highest BCUT2D eigenvalue weighted by atomic mass is 16.5. The smallest absolute Gasteiger partial charge is 0.251 e. The van der Waals surface area contributed by atoms with Gasteiger partial charge in [-0.25, -0.2) is 9.97 Å². The number of carbonyl (C=O) groups excluding carboxylic acids is 2. The lowest BCUT2D eigenvalue weighted by Gasteiger charge is -2.15. The van der Waals surface area contributed by atoms with Crippen LogP contribution in [0, 0.1) is 0 Å². The van der Waals surface area contributed by atoms with Crippen molar-refractivity contribution >= 4 is 102 Å². The van der Waals surface area contributed by atoms with Crippen LogP contribution < -0.4 is 54.8 Å². The summed E-state index contributed by atoms with van der Waals surface area (Å²) in [6.45, 7) is 4.48. The second-order valence-electron chi connectivity index (χ2n) is 16.1. The molecule has 4 aromatic carbocycles. The second-order valence-corrected chi connectivity index (χ2v) is 16.1. The Morgan fingerprint density at radius 1 is 0.400 bits per heavy atom. The van der Waals surface area contributed by atoms with Crippen molar-refractivity contribution < 1.29 is 19.1 Å². The molecule has 22 nitrogen and oxygen atoms in total. The van der Waals surface area contributed by atoms with E-state index in [1.807, 2.05) is 72.8 Å². The first-order valence-electron chi connectivity index (χ1n) is 23.0. The minimum Gasteiger partial charge on any atom is -0.384 e. The second kappa shape index (κ2) is 23.5. The van der Waals surface area contributed by atoms with Crippen LogP contribution in [0.5, 0.6) is 0 Å². The van der Waals surface area contributed by atoms with Crippen LogP contribution in [0.15, 0.2) is 84.9 Å². The molecule has 0 aliphatic carbocycles.